The normalized spacial score (nSPS) is 11.4. The van der Waals surface area contributed by atoms with Gasteiger partial charge in [-0.2, -0.15) is 0 Å². The first-order chi connectivity index (χ1) is 17.1. The van der Waals surface area contributed by atoms with Crippen LogP contribution < -0.4 is 4.90 Å². The molecule has 0 saturated carbocycles. The van der Waals surface area contributed by atoms with Gasteiger partial charge in [-0.1, -0.05) is 81.4 Å². The van der Waals surface area contributed by atoms with Crippen molar-refractivity contribution in [3.8, 4) is 22.6 Å². The van der Waals surface area contributed by atoms with E-state index in [2.05, 4.69) is 5.16 Å². The molecule has 4 rings (SSSR count). The van der Waals surface area contributed by atoms with Crippen molar-refractivity contribution in [2.45, 2.75) is 17.8 Å². The molecule has 3 aromatic carbocycles. The number of rotatable bonds is 7. The van der Waals surface area contributed by atoms with E-state index in [1.54, 1.807) is 72.8 Å². The Balaban J connectivity index is 1.64. The maximum atomic E-state index is 12.8. The third kappa shape index (κ3) is 5.72. The van der Waals surface area contributed by atoms with Crippen LogP contribution in [0.5, 0.6) is 0 Å². The number of nitrogens with zero attached hydrogens (tertiary/aromatic N) is 2. The van der Waals surface area contributed by atoms with Gasteiger partial charge in [0.1, 0.15) is 5.69 Å². The summed E-state index contributed by atoms with van der Waals surface area (Å²) in [4.78, 5) is 26.6. The molecule has 0 spiro atoms. The minimum Gasteiger partial charge on any atom is -0.356 e. The summed E-state index contributed by atoms with van der Waals surface area (Å²) >= 11 is 31.6. The fraction of sp³-hybridized carbons (Fsp3) is 0.115. The molecule has 1 heterocycles. The quantitative estimate of drug-likeness (QED) is 0.124. The predicted octanol–water partition coefficient (Wildman–Crippen LogP) is 8.73. The zero-order valence-electron chi connectivity index (χ0n) is 18.6. The van der Waals surface area contributed by atoms with Crippen molar-refractivity contribution in [1.82, 2.24) is 5.16 Å². The van der Waals surface area contributed by atoms with Gasteiger partial charge >= 0.3 is 0 Å². The number of carbonyl (C=O) groups is 2. The molecule has 0 aliphatic rings. The SMILES string of the molecule is CC(=O)N(c1cccc(-c2cc(-c3c(Cl)cccc3Cl)no2)c1)C(Cl)(Cl)CC(=O)c1ccc(Cl)cc1. The minimum absolute atomic E-state index is 0.348. The van der Waals surface area contributed by atoms with Gasteiger partial charge in [0, 0.05) is 40.4 Å². The van der Waals surface area contributed by atoms with Gasteiger partial charge in [-0.3, -0.25) is 14.5 Å². The number of aromatic nitrogens is 1. The molecule has 10 heteroatoms. The summed E-state index contributed by atoms with van der Waals surface area (Å²) in [5.74, 6) is -0.406. The molecule has 36 heavy (non-hydrogen) atoms. The summed E-state index contributed by atoms with van der Waals surface area (Å²) in [7, 11) is 0. The van der Waals surface area contributed by atoms with Crippen LogP contribution in [0.15, 0.2) is 77.3 Å². The predicted molar refractivity (Wildman–Crippen MR) is 145 cm³/mol. The van der Waals surface area contributed by atoms with E-state index < -0.39 is 10.4 Å². The Bertz CT molecular complexity index is 1410. The number of hydrogen-bond acceptors (Lipinski definition) is 4. The topological polar surface area (TPSA) is 63.4 Å². The fourth-order valence-corrected chi connectivity index (χ4v) is 5.07. The van der Waals surface area contributed by atoms with E-state index in [1.165, 1.54) is 6.92 Å². The number of benzene rings is 3. The average molecular weight is 583 g/mol. The number of ketones is 1. The van der Waals surface area contributed by atoms with Crippen LogP contribution in [0.1, 0.15) is 23.7 Å². The molecule has 0 bridgehead atoms. The first-order valence-corrected chi connectivity index (χ1v) is 12.4. The molecular weight excluding hydrogens is 566 g/mol. The molecule has 0 N–H and O–H groups in total. The van der Waals surface area contributed by atoms with Crippen molar-refractivity contribution in [2.75, 3.05) is 4.90 Å². The molecule has 1 aromatic heterocycles. The Labute approximate surface area is 232 Å². The molecule has 0 aliphatic carbocycles. The second kappa shape index (κ2) is 10.8. The van der Waals surface area contributed by atoms with E-state index in [1.807, 2.05) is 0 Å². The highest BCUT2D eigenvalue weighted by Gasteiger charge is 2.38. The van der Waals surface area contributed by atoms with Crippen molar-refractivity contribution in [3.05, 3.63) is 93.4 Å². The maximum absolute atomic E-state index is 12.8. The molecule has 1 amide bonds. The van der Waals surface area contributed by atoms with Gasteiger partial charge in [0.25, 0.3) is 0 Å². The zero-order chi connectivity index (χ0) is 26.0. The smallest absolute Gasteiger partial charge is 0.226 e. The lowest BCUT2D eigenvalue weighted by Crippen LogP contribution is -2.44. The van der Waals surface area contributed by atoms with Gasteiger partial charge in [-0.25, -0.2) is 0 Å². The van der Waals surface area contributed by atoms with Crippen LogP contribution in [0.4, 0.5) is 5.69 Å². The Kier molecular flexibility index (Phi) is 7.98. The van der Waals surface area contributed by atoms with Crippen molar-refractivity contribution < 1.29 is 14.1 Å². The molecule has 0 unspecified atom stereocenters. The van der Waals surface area contributed by atoms with Gasteiger partial charge in [0.05, 0.1) is 16.5 Å². The molecule has 4 aromatic rings. The molecule has 0 atom stereocenters. The highest BCUT2D eigenvalue weighted by molar-refractivity contribution is 6.52. The second-order valence-corrected chi connectivity index (χ2v) is 10.5. The number of anilines is 1. The molecule has 0 aliphatic heterocycles. The van der Waals surface area contributed by atoms with E-state index in [4.69, 9.17) is 62.5 Å². The summed E-state index contributed by atoms with van der Waals surface area (Å²) in [5, 5.41) is 5.44. The van der Waals surface area contributed by atoms with Gasteiger partial charge in [-0.05, 0) is 48.5 Å². The largest absolute Gasteiger partial charge is 0.356 e. The lowest BCUT2D eigenvalue weighted by atomic mass is 10.1. The third-order valence-electron chi connectivity index (χ3n) is 5.30. The Morgan fingerprint density at radius 2 is 1.56 bits per heavy atom. The van der Waals surface area contributed by atoms with Gasteiger partial charge in [0.15, 0.2) is 11.5 Å². The maximum Gasteiger partial charge on any atom is 0.226 e. The van der Waals surface area contributed by atoms with Crippen molar-refractivity contribution in [3.63, 3.8) is 0 Å². The zero-order valence-corrected chi connectivity index (χ0v) is 22.4. The highest BCUT2D eigenvalue weighted by atomic mass is 35.5. The van der Waals surface area contributed by atoms with Crippen LogP contribution in [0.3, 0.4) is 0 Å². The average Bonchev–Trinajstić information content (AvgIpc) is 3.28. The Morgan fingerprint density at radius 1 is 0.917 bits per heavy atom. The molecule has 0 fully saturated rings. The number of Topliss-reactive ketones (excluding diaryl/α,β-unsaturated/α-hetero) is 1. The fourth-order valence-electron chi connectivity index (χ4n) is 3.68. The summed E-state index contributed by atoms with van der Waals surface area (Å²) in [6.45, 7) is 1.31. The number of halogens is 5. The first kappa shape index (κ1) is 26.5. The van der Waals surface area contributed by atoms with Crippen LogP contribution in [0, 0.1) is 0 Å². The van der Waals surface area contributed by atoms with E-state index in [0.717, 1.165) is 4.90 Å². The third-order valence-corrected chi connectivity index (χ3v) is 6.79. The Morgan fingerprint density at radius 3 is 2.19 bits per heavy atom. The summed E-state index contributed by atoms with van der Waals surface area (Å²) in [6, 6.07) is 19.9. The number of carbonyl (C=O) groups excluding carboxylic acids is 2. The van der Waals surface area contributed by atoms with Crippen LogP contribution in [0.25, 0.3) is 22.6 Å². The standard InChI is InChI=1S/C26H17Cl5N2O3/c1-15(34)33(26(30,31)14-23(35)16-8-10-18(27)11-9-16)19-5-2-4-17(12-19)24-13-22(32-36-24)25-20(28)6-3-7-21(25)29/h2-13H,14H2,1H3. The van der Waals surface area contributed by atoms with Crippen molar-refractivity contribution in [1.29, 1.82) is 0 Å². The monoisotopic (exact) mass is 580 g/mol. The van der Waals surface area contributed by atoms with Gasteiger partial charge in [-0.15, -0.1) is 0 Å². The molecule has 0 radical (unpaired) electrons. The van der Waals surface area contributed by atoms with Crippen LogP contribution in [-0.4, -0.2) is 21.3 Å². The van der Waals surface area contributed by atoms with Crippen molar-refractivity contribution in [2.24, 2.45) is 0 Å². The molecule has 0 saturated heterocycles. The molecular formula is C26H17Cl5N2O3. The first-order valence-electron chi connectivity index (χ1n) is 10.6. The molecule has 184 valence electrons. The van der Waals surface area contributed by atoms with Gasteiger partial charge < -0.3 is 4.52 Å². The highest BCUT2D eigenvalue weighted by Crippen LogP contribution is 2.39. The van der Waals surface area contributed by atoms with Crippen molar-refractivity contribution >= 4 is 75.4 Å². The van der Waals surface area contributed by atoms with E-state index in [0.29, 0.717) is 48.9 Å². The van der Waals surface area contributed by atoms with Crippen LogP contribution in [0.2, 0.25) is 15.1 Å². The lowest BCUT2D eigenvalue weighted by Gasteiger charge is -2.33. The van der Waals surface area contributed by atoms with E-state index in [9.17, 15) is 9.59 Å². The molecule has 5 nitrogen and oxygen atoms in total. The Hall–Kier alpha value is -2.54. The minimum atomic E-state index is -1.86. The van der Waals surface area contributed by atoms with Crippen LogP contribution in [-0.2, 0) is 4.79 Å². The van der Waals surface area contributed by atoms with Gasteiger partial charge in [0.2, 0.25) is 10.4 Å². The summed E-state index contributed by atoms with van der Waals surface area (Å²) < 4.78 is 3.66. The lowest BCUT2D eigenvalue weighted by molar-refractivity contribution is -0.116. The summed E-state index contributed by atoms with van der Waals surface area (Å²) in [5.41, 5.74) is 2.32. The van der Waals surface area contributed by atoms with Crippen LogP contribution >= 0.6 is 58.0 Å². The second-order valence-electron chi connectivity index (χ2n) is 7.85. The summed E-state index contributed by atoms with van der Waals surface area (Å²) in [6.07, 6.45) is -0.348. The number of amides is 1. The number of hydrogen-bond donors (Lipinski definition) is 0. The van der Waals surface area contributed by atoms with E-state index >= 15 is 0 Å². The number of alkyl halides is 2. The van der Waals surface area contributed by atoms with E-state index in [-0.39, 0.29) is 12.2 Å².